The number of carbonyl (C=O) groups excluding carboxylic acids is 1. The minimum absolute atomic E-state index is 0.0186. The molecule has 0 saturated carbocycles. The zero-order valence-electron chi connectivity index (χ0n) is 20.6. The number of carbonyl (C=O) groups is 1. The molecule has 1 atom stereocenters. The van der Waals surface area contributed by atoms with Gasteiger partial charge in [0.25, 0.3) is 0 Å². The van der Waals surface area contributed by atoms with Crippen molar-refractivity contribution in [3.8, 4) is 0 Å². The first-order valence-electron chi connectivity index (χ1n) is 11.4. The van der Waals surface area contributed by atoms with E-state index in [1.165, 1.54) is 0 Å². The van der Waals surface area contributed by atoms with E-state index in [1.807, 2.05) is 76.2 Å². The molecule has 1 N–H and O–H groups in total. The van der Waals surface area contributed by atoms with Gasteiger partial charge in [-0.3, -0.25) is 14.7 Å². The Labute approximate surface area is 185 Å². The predicted molar refractivity (Wildman–Crippen MR) is 130 cm³/mol. The highest BCUT2D eigenvalue weighted by molar-refractivity contribution is 5.91. The standard InChI is InChI=1S/C22H31N3O.2C2H6/c1-17(2)25(18(3)4)16-14-22(21(26)23-5,19-11-7-6-8-12-19)20-13-9-10-15-24-20;2*1-2/h6-13,15,17-18H,14,16H2,1-5H3,(H,23,26);2*1-2H3. The summed E-state index contributed by atoms with van der Waals surface area (Å²) < 4.78 is 0. The van der Waals surface area contributed by atoms with Crippen molar-refractivity contribution in [2.75, 3.05) is 13.6 Å². The van der Waals surface area contributed by atoms with Gasteiger partial charge in [0.05, 0.1) is 5.69 Å². The number of nitrogens with one attached hydrogen (secondary N) is 1. The van der Waals surface area contributed by atoms with E-state index in [0.29, 0.717) is 18.5 Å². The number of nitrogens with zero attached hydrogens (tertiary/aromatic N) is 2. The van der Waals surface area contributed by atoms with Gasteiger partial charge in [-0.05, 0) is 51.8 Å². The summed E-state index contributed by atoms with van der Waals surface area (Å²) >= 11 is 0. The number of amides is 1. The number of rotatable bonds is 8. The van der Waals surface area contributed by atoms with Crippen LogP contribution in [0.5, 0.6) is 0 Å². The second-order valence-electron chi connectivity index (χ2n) is 7.24. The average molecular weight is 414 g/mol. The van der Waals surface area contributed by atoms with Crippen LogP contribution in [0.3, 0.4) is 0 Å². The first kappa shape index (κ1) is 27.8. The van der Waals surface area contributed by atoms with Gasteiger partial charge >= 0.3 is 0 Å². The normalized spacial score (nSPS) is 12.4. The highest BCUT2D eigenvalue weighted by Crippen LogP contribution is 2.35. The van der Waals surface area contributed by atoms with Gasteiger partial charge in [-0.2, -0.15) is 0 Å². The Kier molecular flexibility index (Phi) is 13.7. The maximum atomic E-state index is 13.2. The summed E-state index contributed by atoms with van der Waals surface area (Å²) in [5, 5.41) is 2.89. The van der Waals surface area contributed by atoms with Crippen molar-refractivity contribution in [2.45, 2.75) is 79.3 Å². The fourth-order valence-corrected chi connectivity index (χ4v) is 3.74. The van der Waals surface area contributed by atoms with Crippen LogP contribution >= 0.6 is 0 Å². The molecule has 0 fully saturated rings. The molecule has 30 heavy (non-hydrogen) atoms. The lowest BCUT2D eigenvalue weighted by molar-refractivity contribution is -0.125. The summed E-state index contributed by atoms with van der Waals surface area (Å²) in [7, 11) is 1.70. The van der Waals surface area contributed by atoms with Gasteiger partial charge in [-0.25, -0.2) is 0 Å². The Hall–Kier alpha value is -2.20. The molecule has 1 aromatic heterocycles. The minimum atomic E-state index is -0.806. The fraction of sp³-hybridized carbons (Fsp3) is 0.538. The molecule has 0 saturated heterocycles. The van der Waals surface area contributed by atoms with E-state index in [2.05, 4.69) is 42.9 Å². The molecule has 0 spiro atoms. The van der Waals surface area contributed by atoms with E-state index < -0.39 is 5.41 Å². The maximum absolute atomic E-state index is 13.2. The number of hydrogen-bond donors (Lipinski definition) is 1. The number of pyridine rings is 1. The maximum Gasteiger partial charge on any atom is 0.236 e. The third-order valence-electron chi connectivity index (χ3n) is 5.06. The zero-order chi connectivity index (χ0) is 23.2. The van der Waals surface area contributed by atoms with Crippen LogP contribution in [0.25, 0.3) is 0 Å². The Morgan fingerprint density at radius 3 is 1.90 bits per heavy atom. The summed E-state index contributed by atoms with van der Waals surface area (Å²) in [5.41, 5.74) is 0.961. The van der Waals surface area contributed by atoms with Gasteiger partial charge in [0.15, 0.2) is 0 Å². The van der Waals surface area contributed by atoms with E-state index in [4.69, 9.17) is 0 Å². The van der Waals surface area contributed by atoms with Crippen molar-refractivity contribution >= 4 is 5.91 Å². The molecule has 0 aliphatic rings. The SMILES string of the molecule is CC.CC.CNC(=O)C(CCN(C(C)C)C(C)C)(c1ccccc1)c1ccccn1. The molecule has 1 aromatic carbocycles. The van der Waals surface area contributed by atoms with Gasteiger partial charge < -0.3 is 5.32 Å². The molecule has 4 nitrogen and oxygen atoms in total. The highest BCUT2D eigenvalue weighted by Gasteiger charge is 2.43. The number of likely N-dealkylation sites (N-methyl/N-ethyl adjacent to an activating group) is 1. The van der Waals surface area contributed by atoms with Gasteiger partial charge in [0, 0.05) is 31.9 Å². The van der Waals surface area contributed by atoms with Crippen LogP contribution in [0.1, 0.15) is 73.1 Å². The summed E-state index contributed by atoms with van der Waals surface area (Å²) in [4.78, 5) is 20.2. The second kappa shape index (κ2) is 14.7. The molecule has 0 radical (unpaired) electrons. The Morgan fingerprint density at radius 1 is 0.933 bits per heavy atom. The second-order valence-corrected chi connectivity index (χ2v) is 7.24. The molecule has 2 rings (SSSR count). The quantitative estimate of drug-likeness (QED) is 0.606. The summed E-state index contributed by atoms with van der Waals surface area (Å²) in [5.74, 6) is -0.0186. The van der Waals surface area contributed by atoms with Gasteiger partial charge in [0.2, 0.25) is 5.91 Å². The largest absolute Gasteiger partial charge is 0.358 e. The monoisotopic (exact) mass is 413 g/mol. The molecule has 0 aliphatic heterocycles. The molecule has 0 aliphatic carbocycles. The van der Waals surface area contributed by atoms with Crippen LogP contribution in [-0.2, 0) is 10.2 Å². The van der Waals surface area contributed by atoms with E-state index in [-0.39, 0.29) is 5.91 Å². The average Bonchev–Trinajstić information content (AvgIpc) is 2.79. The third-order valence-corrected chi connectivity index (χ3v) is 5.06. The summed E-state index contributed by atoms with van der Waals surface area (Å²) in [6.45, 7) is 17.6. The molecular formula is C26H43N3O. The van der Waals surface area contributed by atoms with E-state index in [0.717, 1.165) is 17.8 Å². The van der Waals surface area contributed by atoms with Crippen molar-refractivity contribution in [2.24, 2.45) is 0 Å². The van der Waals surface area contributed by atoms with Gasteiger partial charge in [-0.15, -0.1) is 0 Å². The topological polar surface area (TPSA) is 45.2 Å². The lowest BCUT2D eigenvalue weighted by atomic mass is 9.73. The Balaban J connectivity index is 0.00000198. The summed E-state index contributed by atoms with van der Waals surface area (Å²) in [6, 6.07) is 16.6. The van der Waals surface area contributed by atoms with E-state index >= 15 is 0 Å². The van der Waals surface area contributed by atoms with Crippen molar-refractivity contribution in [1.29, 1.82) is 0 Å². The lowest BCUT2D eigenvalue weighted by Gasteiger charge is -2.37. The highest BCUT2D eigenvalue weighted by atomic mass is 16.2. The van der Waals surface area contributed by atoms with E-state index in [1.54, 1.807) is 13.2 Å². The molecule has 168 valence electrons. The Bertz CT molecular complexity index is 636. The molecule has 4 heteroatoms. The van der Waals surface area contributed by atoms with E-state index in [9.17, 15) is 4.79 Å². The van der Waals surface area contributed by atoms with Crippen LogP contribution in [-0.4, -0.2) is 41.5 Å². The summed E-state index contributed by atoms with van der Waals surface area (Å²) in [6.07, 6.45) is 2.43. The van der Waals surface area contributed by atoms with Crippen LogP contribution in [0.2, 0.25) is 0 Å². The van der Waals surface area contributed by atoms with Crippen LogP contribution in [0, 0.1) is 0 Å². The van der Waals surface area contributed by atoms with Crippen molar-refractivity contribution in [1.82, 2.24) is 15.2 Å². The number of benzene rings is 1. The number of hydrogen-bond acceptors (Lipinski definition) is 3. The number of aromatic nitrogens is 1. The van der Waals surface area contributed by atoms with Crippen molar-refractivity contribution in [3.05, 3.63) is 66.0 Å². The van der Waals surface area contributed by atoms with Crippen LogP contribution in [0.4, 0.5) is 0 Å². The first-order chi connectivity index (χ1) is 14.4. The van der Waals surface area contributed by atoms with Gasteiger partial charge in [-0.1, -0.05) is 64.1 Å². The van der Waals surface area contributed by atoms with Gasteiger partial charge in [0.1, 0.15) is 5.41 Å². The molecule has 1 unspecified atom stereocenters. The smallest absolute Gasteiger partial charge is 0.236 e. The van der Waals surface area contributed by atoms with Crippen LogP contribution in [0.15, 0.2) is 54.7 Å². The molecule has 1 heterocycles. The van der Waals surface area contributed by atoms with Crippen molar-refractivity contribution in [3.63, 3.8) is 0 Å². The molecule has 2 aromatic rings. The third kappa shape index (κ3) is 6.94. The molecular weight excluding hydrogens is 370 g/mol. The lowest BCUT2D eigenvalue weighted by Crippen LogP contribution is -2.48. The molecule has 0 bridgehead atoms. The molecule has 1 amide bonds. The fourth-order valence-electron chi connectivity index (χ4n) is 3.74. The zero-order valence-corrected chi connectivity index (χ0v) is 20.6. The Morgan fingerprint density at radius 2 is 1.47 bits per heavy atom. The first-order valence-corrected chi connectivity index (χ1v) is 11.4. The predicted octanol–water partition coefficient (Wildman–Crippen LogP) is 5.68. The van der Waals surface area contributed by atoms with Crippen molar-refractivity contribution < 1.29 is 4.79 Å². The van der Waals surface area contributed by atoms with Crippen LogP contribution < -0.4 is 5.32 Å². The minimum Gasteiger partial charge on any atom is -0.358 e.